The van der Waals surface area contributed by atoms with Crippen molar-refractivity contribution in [1.82, 2.24) is 10.6 Å². The van der Waals surface area contributed by atoms with E-state index in [0.717, 1.165) is 5.56 Å². The van der Waals surface area contributed by atoms with Crippen molar-refractivity contribution in [2.45, 2.75) is 31.1 Å². The first-order chi connectivity index (χ1) is 9.84. The maximum Gasteiger partial charge on any atom is 0.326 e. The van der Waals surface area contributed by atoms with Crippen LogP contribution in [0.1, 0.15) is 19.4 Å². The Hall–Kier alpha value is -1.69. The Morgan fingerprint density at radius 3 is 2.43 bits per heavy atom. The molecule has 0 saturated heterocycles. The van der Waals surface area contributed by atoms with Gasteiger partial charge >= 0.3 is 12.0 Å². The minimum absolute atomic E-state index is 0.0878. The van der Waals surface area contributed by atoms with Crippen molar-refractivity contribution in [3.63, 3.8) is 0 Å². The van der Waals surface area contributed by atoms with Gasteiger partial charge in [0.25, 0.3) is 0 Å². The molecule has 1 unspecified atom stereocenters. The van der Waals surface area contributed by atoms with Crippen LogP contribution in [-0.4, -0.2) is 40.7 Å². The number of aliphatic carboxylic acids is 1. The van der Waals surface area contributed by atoms with E-state index in [0.29, 0.717) is 6.54 Å². The number of nitrogens with one attached hydrogen (secondary N) is 2. The Morgan fingerprint density at radius 2 is 1.90 bits per heavy atom. The number of carbonyl (C=O) groups is 2. The van der Waals surface area contributed by atoms with Gasteiger partial charge in [-0.3, -0.25) is 0 Å². The van der Waals surface area contributed by atoms with Crippen LogP contribution in [0.25, 0.3) is 0 Å². The second-order valence-corrected chi connectivity index (χ2v) is 6.88. The molecule has 0 aromatic heterocycles. The van der Waals surface area contributed by atoms with Crippen molar-refractivity contribution in [2.24, 2.45) is 0 Å². The average molecular weight is 310 g/mol. The summed E-state index contributed by atoms with van der Waals surface area (Å²) >= 11 is 1.64. The van der Waals surface area contributed by atoms with Crippen molar-refractivity contribution in [1.29, 1.82) is 0 Å². The molecule has 6 heteroatoms. The fourth-order valence-electron chi connectivity index (χ4n) is 1.62. The van der Waals surface area contributed by atoms with Crippen molar-refractivity contribution in [3.8, 4) is 0 Å². The summed E-state index contributed by atoms with van der Waals surface area (Å²) in [6, 6.07) is 7.83. The molecule has 0 aliphatic rings. The van der Waals surface area contributed by atoms with Crippen molar-refractivity contribution in [2.75, 3.05) is 12.8 Å². The van der Waals surface area contributed by atoms with Gasteiger partial charge in [0.2, 0.25) is 0 Å². The maximum atomic E-state index is 11.8. The van der Waals surface area contributed by atoms with Gasteiger partial charge in [0.05, 0.1) is 0 Å². The summed E-state index contributed by atoms with van der Waals surface area (Å²) in [4.78, 5) is 23.1. The molecule has 0 radical (unpaired) electrons. The van der Waals surface area contributed by atoms with Crippen molar-refractivity contribution >= 4 is 23.8 Å². The third-order valence-electron chi connectivity index (χ3n) is 3.11. The minimum atomic E-state index is -1.04. The summed E-state index contributed by atoms with van der Waals surface area (Å²) in [5, 5.41) is 14.4. The molecule has 0 aliphatic heterocycles. The summed E-state index contributed by atoms with van der Waals surface area (Å²) in [6.07, 6.45) is 2.23. The molecule has 5 nitrogen and oxygen atoms in total. The van der Waals surface area contributed by atoms with Crippen LogP contribution in [0.2, 0.25) is 0 Å². The Morgan fingerprint density at radius 1 is 1.29 bits per heavy atom. The zero-order chi connectivity index (χ0) is 15.9. The molecule has 0 fully saturated rings. The fraction of sp³-hybridized carbons (Fsp3) is 0.467. The number of rotatable bonds is 7. The zero-order valence-corrected chi connectivity index (χ0v) is 13.4. The van der Waals surface area contributed by atoms with Gasteiger partial charge in [0, 0.05) is 17.7 Å². The van der Waals surface area contributed by atoms with Crippen molar-refractivity contribution < 1.29 is 14.7 Å². The van der Waals surface area contributed by atoms with Crippen LogP contribution in [0.3, 0.4) is 0 Å². The van der Waals surface area contributed by atoms with Crippen molar-refractivity contribution in [3.05, 3.63) is 35.9 Å². The van der Waals surface area contributed by atoms with Crippen LogP contribution in [-0.2, 0) is 11.2 Å². The van der Waals surface area contributed by atoms with Gasteiger partial charge in [-0.2, -0.15) is 11.8 Å². The van der Waals surface area contributed by atoms with Gasteiger partial charge in [-0.1, -0.05) is 30.3 Å². The van der Waals surface area contributed by atoms with Gasteiger partial charge in [0.1, 0.15) is 6.04 Å². The summed E-state index contributed by atoms with van der Waals surface area (Å²) in [7, 11) is 0. The third kappa shape index (κ3) is 6.53. The highest BCUT2D eigenvalue weighted by Crippen LogP contribution is 2.19. The minimum Gasteiger partial charge on any atom is -0.480 e. The predicted octanol–water partition coefficient (Wildman–Crippen LogP) is 2.12. The number of carbonyl (C=O) groups excluding carboxylic acids is 1. The first-order valence-corrected chi connectivity index (χ1v) is 7.93. The number of thioether (sulfide) groups is 1. The summed E-state index contributed by atoms with van der Waals surface area (Å²) < 4.78 is -0.0878. The highest BCUT2D eigenvalue weighted by Gasteiger charge is 2.22. The fourth-order valence-corrected chi connectivity index (χ4v) is 1.84. The first-order valence-electron chi connectivity index (χ1n) is 6.70. The standard InChI is InChI=1S/C15H22N2O3S/c1-15(2,21-3)10-16-14(20)17-12(13(18)19)9-11-7-5-4-6-8-11/h4-8,12H,9-10H2,1-3H3,(H,18,19)(H2,16,17,20). The number of carboxylic acid groups (broad SMARTS) is 1. The summed E-state index contributed by atoms with van der Waals surface area (Å²) in [6.45, 7) is 4.49. The third-order valence-corrected chi connectivity index (χ3v) is 4.36. The van der Waals surface area contributed by atoms with Crippen LogP contribution in [0, 0.1) is 0 Å². The van der Waals surface area contributed by atoms with Crippen LogP contribution in [0.4, 0.5) is 4.79 Å². The number of amides is 2. The van der Waals surface area contributed by atoms with Gasteiger partial charge < -0.3 is 15.7 Å². The van der Waals surface area contributed by atoms with Crippen LogP contribution >= 0.6 is 11.8 Å². The molecule has 1 atom stereocenters. The molecule has 1 aromatic rings. The lowest BCUT2D eigenvalue weighted by molar-refractivity contribution is -0.139. The molecule has 116 valence electrons. The van der Waals surface area contributed by atoms with E-state index in [1.54, 1.807) is 11.8 Å². The van der Waals surface area contributed by atoms with Gasteiger partial charge in [-0.05, 0) is 25.7 Å². The summed E-state index contributed by atoms with van der Waals surface area (Å²) in [5.74, 6) is -1.04. The number of hydrogen-bond donors (Lipinski definition) is 3. The Bertz CT molecular complexity index is 477. The molecule has 0 saturated carbocycles. The molecular weight excluding hydrogens is 288 g/mol. The number of benzene rings is 1. The van der Waals surface area contributed by atoms with E-state index < -0.39 is 18.0 Å². The van der Waals surface area contributed by atoms with Gasteiger partial charge in [0.15, 0.2) is 0 Å². The number of carboxylic acids is 1. The van der Waals surface area contributed by atoms with E-state index in [-0.39, 0.29) is 11.2 Å². The molecule has 0 spiro atoms. The quantitative estimate of drug-likeness (QED) is 0.721. The van der Waals surface area contributed by atoms with Crippen LogP contribution in [0.15, 0.2) is 30.3 Å². The van der Waals surface area contributed by atoms with E-state index in [2.05, 4.69) is 10.6 Å². The highest BCUT2D eigenvalue weighted by molar-refractivity contribution is 7.99. The lowest BCUT2D eigenvalue weighted by Crippen LogP contribution is -2.49. The molecule has 0 heterocycles. The molecule has 21 heavy (non-hydrogen) atoms. The summed E-state index contributed by atoms with van der Waals surface area (Å²) in [5.41, 5.74) is 0.870. The van der Waals surface area contributed by atoms with E-state index >= 15 is 0 Å². The van der Waals surface area contributed by atoms with E-state index in [1.165, 1.54) is 0 Å². The Kier molecular flexibility index (Phi) is 6.55. The first kappa shape index (κ1) is 17.4. The Labute approximate surface area is 129 Å². The Balaban J connectivity index is 2.55. The lowest BCUT2D eigenvalue weighted by atomic mass is 10.1. The molecule has 1 rings (SSSR count). The van der Waals surface area contributed by atoms with E-state index in [4.69, 9.17) is 0 Å². The molecule has 1 aromatic carbocycles. The average Bonchev–Trinajstić information content (AvgIpc) is 2.45. The SMILES string of the molecule is CSC(C)(C)CNC(=O)NC(Cc1ccccc1)C(=O)O. The molecule has 0 aliphatic carbocycles. The van der Waals surface area contributed by atoms with E-state index in [1.807, 2.05) is 50.4 Å². The van der Waals surface area contributed by atoms with Crippen LogP contribution in [0.5, 0.6) is 0 Å². The predicted molar refractivity (Wildman–Crippen MR) is 85.7 cm³/mol. The number of urea groups is 1. The molecular formula is C15H22N2O3S. The maximum absolute atomic E-state index is 11.8. The monoisotopic (exact) mass is 310 g/mol. The van der Waals surface area contributed by atoms with Crippen LogP contribution < -0.4 is 10.6 Å². The lowest BCUT2D eigenvalue weighted by Gasteiger charge is -2.23. The van der Waals surface area contributed by atoms with Gasteiger partial charge in [-0.25, -0.2) is 9.59 Å². The van der Waals surface area contributed by atoms with E-state index in [9.17, 15) is 14.7 Å². The number of hydrogen-bond acceptors (Lipinski definition) is 3. The molecule has 2 amide bonds. The molecule has 3 N–H and O–H groups in total. The van der Waals surface area contributed by atoms with Gasteiger partial charge in [-0.15, -0.1) is 0 Å². The smallest absolute Gasteiger partial charge is 0.326 e. The molecule has 0 bridgehead atoms. The largest absolute Gasteiger partial charge is 0.480 e. The topological polar surface area (TPSA) is 78.4 Å². The normalized spacial score (nSPS) is 12.5. The highest BCUT2D eigenvalue weighted by atomic mass is 32.2. The zero-order valence-electron chi connectivity index (χ0n) is 12.6. The second kappa shape index (κ2) is 7.93. The second-order valence-electron chi connectivity index (χ2n) is 5.37.